The molecule has 0 N–H and O–H groups in total. The molecular formula is C14H18ClNO. The zero-order valence-electron chi connectivity index (χ0n) is 10.2. The molecule has 1 aliphatic heterocycles. The van der Waals surface area contributed by atoms with E-state index in [1.54, 1.807) is 12.1 Å². The molecule has 1 fully saturated rings. The quantitative estimate of drug-likeness (QED) is 0.769. The number of nitrogens with zero attached hydrogens (tertiary/aromatic N) is 1. The third kappa shape index (κ3) is 3.55. The van der Waals surface area contributed by atoms with Gasteiger partial charge in [-0.15, -0.1) is 0 Å². The van der Waals surface area contributed by atoms with Crippen LogP contribution in [0.5, 0.6) is 0 Å². The molecule has 92 valence electrons. The molecule has 0 spiro atoms. The maximum atomic E-state index is 12.1. The van der Waals surface area contributed by atoms with Crippen LogP contribution < -0.4 is 0 Å². The lowest BCUT2D eigenvalue weighted by Crippen LogP contribution is -2.37. The van der Waals surface area contributed by atoms with Gasteiger partial charge in [0.1, 0.15) is 0 Å². The van der Waals surface area contributed by atoms with Crippen LogP contribution >= 0.6 is 11.6 Å². The Labute approximate surface area is 108 Å². The second kappa shape index (κ2) is 5.65. The van der Waals surface area contributed by atoms with Crippen LogP contribution in [0.25, 0.3) is 0 Å². The molecule has 0 bridgehead atoms. The summed E-state index contributed by atoms with van der Waals surface area (Å²) in [7, 11) is 0. The third-order valence-electron chi connectivity index (χ3n) is 3.25. The Bertz CT molecular complexity index is 405. The number of piperidine rings is 1. The van der Waals surface area contributed by atoms with Gasteiger partial charge in [0.25, 0.3) is 0 Å². The molecule has 3 heteroatoms. The van der Waals surface area contributed by atoms with E-state index in [9.17, 15) is 4.79 Å². The molecule has 2 nitrogen and oxygen atoms in total. The van der Waals surface area contributed by atoms with Gasteiger partial charge < -0.3 is 0 Å². The molecule has 1 unspecified atom stereocenters. The van der Waals surface area contributed by atoms with Crippen molar-refractivity contribution < 1.29 is 4.79 Å². The van der Waals surface area contributed by atoms with Crippen LogP contribution in [0.15, 0.2) is 24.3 Å². The summed E-state index contributed by atoms with van der Waals surface area (Å²) < 4.78 is 0. The zero-order valence-corrected chi connectivity index (χ0v) is 10.9. The summed E-state index contributed by atoms with van der Waals surface area (Å²) in [5.74, 6) is 0.873. The van der Waals surface area contributed by atoms with Crippen molar-refractivity contribution in [3.8, 4) is 0 Å². The Hall–Kier alpha value is -0.860. The van der Waals surface area contributed by atoms with E-state index in [1.165, 1.54) is 12.8 Å². The highest BCUT2D eigenvalue weighted by atomic mass is 35.5. The molecule has 1 saturated heterocycles. The van der Waals surface area contributed by atoms with Crippen LogP contribution in [0.1, 0.15) is 30.1 Å². The first kappa shape index (κ1) is 12.6. The molecule has 17 heavy (non-hydrogen) atoms. The average Bonchev–Trinajstić information content (AvgIpc) is 2.29. The predicted molar refractivity (Wildman–Crippen MR) is 70.6 cm³/mol. The van der Waals surface area contributed by atoms with E-state index in [0.717, 1.165) is 18.7 Å². The lowest BCUT2D eigenvalue weighted by atomic mass is 9.99. The molecule has 1 aromatic carbocycles. The number of hydrogen-bond acceptors (Lipinski definition) is 2. The first-order valence-electron chi connectivity index (χ1n) is 6.16. The van der Waals surface area contributed by atoms with E-state index < -0.39 is 0 Å². The normalized spacial score (nSPS) is 21.4. The smallest absolute Gasteiger partial charge is 0.176 e. The highest BCUT2D eigenvalue weighted by Gasteiger charge is 2.19. The molecule has 1 aromatic rings. The lowest BCUT2D eigenvalue weighted by Gasteiger charge is -2.30. The fraction of sp³-hybridized carbons (Fsp3) is 0.500. The number of benzene rings is 1. The van der Waals surface area contributed by atoms with E-state index in [4.69, 9.17) is 11.6 Å². The molecule has 0 radical (unpaired) electrons. The molecule has 0 saturated carbocycles. The minimum Gasteiger partial charge on any atom is -0.296 e. The SMILES string of the molecule is CC1CCCN(CC(=O)c2cccc(Cl)c2)C1. The van der Waals surface area contributed by atoms with Gasteiger partial charge in [0.2, 0.25) is 0 Å². The van der Waals surface area contributed by atoms with E-state index >= 15 is 0 Å². The van der Waals surface area contributed by atoms with Crippen LogP contribution in [-0.4, -0.2) is 30.3 Å². The number of Topliss-reactive ketones (excluding diaryl/α,β-unsaturated/α-hetero) is 1. The summed E-state index contributed by atoms with van der Waals surface area (Å²) in [6, 6.07) is 7.20. The molecule has 0 aliphatic carbocycles. The van der Waals surface area contributed by atoms with Crippen molar-refractivity contribution in [1.82, 2.24) is 4.90 Å². The number of halogens is 1. The summed E-state index contributed by atoms with van der Waals surface area (Å²) in [5.41, 5.74) is 0.718. The average molecular weight is 252 g/mol. The van der Waals surface area contributed by atoms with Crippen molar-refractivity contribution in [2.24, 2.45) is 5.92 Å². The Balaban J connectivity index is 1.97. The molecule has 1 atom stereocenters. The largest absolute Gasteiger partial charge is 0.296 e. The first-order chi connectivity index (χ1) is 8.15. The number of hydrogen-bond donors (Lipinski definition) is 0. The second-order valence-corrected chi connectivity index (χ2v) is 5.35. The summed E-state index contributed by atoms with van der Waals surface area (Å²) >= 11 is 5.89. The Morgan fingerprint density at radius 1 is 1.53 bits per heavy atom. The van der Waals surface area contributed by atoms with Crippen molar-refractivity contribution in [2.75, 3.05) is 19.6 Å². The van der Waals surface area contributed by atoms with E-state index in [2.05, 4.69) is 11.8 Å². The lowest BCUT2D eigenvalue weighted by molar-refractivity contribution is 0.0893. The fourth-order valence-corrected chi connectivity index (χ4v) is 2.58. The minimum absolute atomic E-state index is 0.168. The highest BCUT2D eigenvalue weighted by Crippen LogP contribution is 2.17. The molecule has 1 aliphatic rings. The minimum atomic E-state index is 0.168. The van der Waals surface area contributed by atoms with Gasteiger partial charge in [0.15, 0.2) is 5.78 Å². The monoisotopic (exact) mass is 251 g/mol. The molecule has 0 aromatic heterocycles. The van der Waals surface area contributed by atoms with Crippen molar-refractivity contribution >= 4 is 17.4 Å². The topological polar surface area (TPSA) is 20.3 Å². The highest BCUT2D eigenvalue weighted by molar-refractivity contribution is 6.31. The van der Waals surface area contributed by atoms with Crippen LogP contribution in [0.3, 0.4) is 0 Å². The van der Waals surface area contributed by atoms with Crippen LogP contribution in [-0.2, 0) is 0 Å². The molecule has 2 rings (SSSR count). The van der Waals surface area contributed by atoms with E-state index in [-0.39, 0.29) is 5.78 Å². The number of likely N-dealkylation sites (tertiary alicyclic amines) is 1. The molecular weight excluding hydrogens is 234 g/mol. The van der Waals surface area contributed by atoms with Crippen molar-refractivity contribution in [2.45, 2.75) is 19.8 Å². The van der Waals surface area contributed by atoms with Gasteiger partial charge >= 0.3 is 0 Å². The summed E-state index contributed by atoms with van der Waals surface area (Å²) in [6.07, 6.45) is 2.48. The van der Waals surface area contributed by atoms with Gasteiger partial charge in [-0.2, -0.15) is 0 Å². The van der Waals surface area contributed by atoms with Gasteiger partial charge in [-0.05, 0) is 37.4 Å². The maximum Gasteiger partial charge on any atom is 0.176 e. The molecule has 1 heterocycles. The number of carbonyl (C=O) groups is 1. The predicted octanol–water partition coefficient (Wildman–Crippen LogP) is 3.25. The summed E-state index contributed by atoms with van der Waals surface area (Å²) in [4.78, 5) is 14.3. The Morgan fingerprint density at radius 2 is 2.35 bits per heavy atom. The van der Waals surface area contributed by atoms with Crippen LogP contribution in [0.2, 0.25) is 5.02 Å². The van der Waals surface area contributed by atoms with Gasteiger partial charge in [-0.1, -0.05) is 30.7 Å². The Kier molecular flexibility index (Phi) is 4.19. The van der Waals surface area contributed by atoms with Crippen LogP contribution in [0.4, 0.5) is 0 Å². The number of carbonyl (C=O) groups excluding carboxylic acids is 1. The van der Waals surface area contributed by atoms with Gasteiger partial charge in [0, 0.05) is 17.1 Å². The standard InChI is InChI=1S/C14H18ClNO/c1-11-4-3-7-16(9-11)10-14(17)12-5-2-6-13(15)8-12/h2,5-6,8,11H,3-4,7,9-10H2,1H3. The van der Waals surface area contributed by atoms with Gasteiger partial charge in [0.05, 0.1) is 6.54 Å². The third-order valence-corrected chi connectivity index (χ3v) is 3.49. The first-order valence-corrected chi connectivity index (χ1v) is 6.54. The van der Waals surface area contributed by atoms with E-state index in [1.807, 2.05) is 12.1 Å². The van der Waals surface area contributed by atoms with E-state index in [0.29, 0.717) is 17.5 Å². The number of rotatable bonds is 3. The van der Waals surface area contributed by atoms with Crippen LogP contribution in [0, 0.1) is 5.92 Å². The zero-order chi connectivity index (χ0) is 12.3. The number of ketones is 1. The van der Waals surface area contributed by atoms with Crippen molar-refractivity contribution in [3.63, 3.8) is 0 Å². The van der Waals surface area contributed by atoms with Gasteiger partial charge in [-0.25, -0.2) is 0 Å². The van der Waals surface area contributed by atoms with Crippen molar-refractivity contribution in [1.29, 1.82) is 0 Å². The summed E-state index contributed by atoms with van der Waals surface area (Å²) in [5, 5.41) is 0.628. The maximum absolute atomic E-state index is 12.1. The van der Waals surface area contributed by atoms with Gasteiger partial charge in [-0.3, -0.25) is 9.69 Å². The fourth-order valence-electron chi connectivity index (χ4n) is 2.39. The molecule has 0 amide bonds. The van der Waals surface area contributed by atoms with Crippen molar-refractivity contribution in [3.05, 3.63) is 34.9 Å². The second-order valence-electron chi connectivity index (χ2n) is 4.92. The Morgan fingerprint density at radius 3 is 3.06 bits per heavy atom. The summed E-state index contributed by atoms with van der Waals surface area (Å²) in [6.45, 7) is 4.84.